The maximum Gasteiger partial charge on any atom is 0.416 e. The number of nitrogens with one attached hydrogen (secondary N) is 1. The van der Waals surface area contributed by atoms with Crippen molar-refractivity contribution in [1.29, 1.82) is 0 Å². The van der Waals surface area contributed by atoms with E-state index in [0.29, 0.717) is 11.4 Å². The predicted molar refractivity (Wildman–Crippen MR) is 119 cm³/mol. The zero-order chi connectivity index (χ0) is 20.6. The Morgan fingerprint density at radius 1 is 1.31 bits per heavy atom. The van der Waals surface area contributed by atoms with Crippen molar-refractivity contribution in [2.45, 2.75) is 26.3 Å². The zero-order valence-electron chi connectivity index (χ0n) is 16.6. The molecule has 0 aromatic heterocycles. The number of carbonyl (C=O) groups is 1. The summed E-state index contributed by atoms with van der Waals surface area (Å²) in [5, 5.41) is 3.65. The highest BCUT2D eigenvalue weighted by atomic mass is 32.2. The smallest absolute Gasteiger partial charge is 0.416 e. The van der Waals surface area contributed by atoms with Gasteiger partial charge in [-0.25, -0.2) is 4.79 Å². The zero-order valence-corrected chi connectivity index (χ0v) is 17.4. The number of rotatable bonds is 6. The van der Waals surface area contributed by atoms with Gasteiger partial charge in [-0.2, -0.15) is 0 Å². The second-order valence-corrected chi connectivity index (χ2v) is 7.29. The van der Waals surface area contributed by atoms with Crippen LogP contribution < -0.4 is 5.32 Å². The number of para-hydroxylation sites is 1. The number of thioether (sulfide) groups is 1. The number of fused-ring (bicyclic) bond motifs is 1. The Labute approximate surface area is 174 Å². The van der Waals surface area contributed by atoms with E-state index in [-0.39, 0.29) is 6.04 Å². The number of anilines is 1. The van der Waals surface area contributed by atoms with Crippen LogP contribution in [0.3, 0.4) is 0 Å². The van der Waals surface area contributed by atoms with Gasteiger partial charge in [0.2, 0.25) is 0 Å². The first kappa shape index (κ1) is 20.7. The third-order valence-corrected chi connectivity index (χ3v) is 5.29. The Balaban J connectivity index is 1.72. The van der Waals surface area contributed by atoms with Crippen molar-refractivity contribution < 1.29 is 14.3 Å². The molecular weight excluding hydrogens is 386 g/mol. The largest absolute Gasteiger partial charge is 0.501 e. The van der Waals surface area contributed by atoms with Gasteiger partial charge in [0.15, 0.2) is 0 Å². The summed E-state index contributed by atoms with van der Waals surface area (Å²) in [6.45, 7) is 3.71. The van der Waals surface area contributed by atoms with Crippen LogP contribution in [0.5, 0.6) is 0 Å². The summed E-state index contributed by atoms with van der Waals surface area (Å²) in [4.78, 5) is 22.4. The number of benzene rings is 1. The molecule has 1 aromatic carbocycles. The van der Waals surface area contributed by atoms with Crippen molar-refractivity contribution in [3.63, 3.8) is 0 Å². The van der Waals surface area contributed by atoms with Gasteiger partial charge in [-0.15, -0.1) is 0 Å². The Morgan fingerprint density at radius 2 is 2.14 bits per heavy atom. The van der Waals surface area contributed by atoms with E-state index in [9.17, 15) is 4.79 Å². The van der Waals surface area contributed by atoms with Crippen LogP contribution >= 0.6 is 11.8 Å². The van der Waals surface area contributed by atoms with E-state index in [1.807, 2.05) is 49.5 Å². The van der Waals surface area contributed by atoms with E-state index in [4.69, 9.17) is 14.5 Å². The minimum atomic E-state index is -0.559. The molecule has 6 nitrogen and oxygen atoms in total. The summed E-state index contributed by atoms with van der Waals surface area (Å²) >= 11 is 1.55. The summed E-state index contributed by atoms with van der Waals surface area (Å²) in [6, 6.07) is 7.49. The minimum absolute atomic E-state index is 0.0389. The van der Waals surface area contributed by atoms with Crippen molar-refractivity contribution in [2.24, 2.45) is 9.98 Å². The molecule has 3 rings (SSSR count). The molecule has 150 valence electrons. The molecule has 0 saturated heterocycles. The number of hydrogen-bond donors (Lipinski definition) is 1. The van der Waals surface area contributed by atoms with Crippen molar-refractivity contribution >= 4 is 34.8 Å². The van der Waals surface area contributed by atoms with Gasteiger partial charge >= 0.3 is 6.09 Å². The quantitative estimate of drug-likeness (QED) is 0.503. The first-order valence-corrected chi connectivity index (χ1v) is 10.1. The van der Waals surface area contributed by atoms with Crippen LogP contribution in [0.4, 0.5) is 10.5 Å². The second kappa shape index (κ2) is 9.93. The van der Waals surface area contributed by atoms with Crippen LogP contribution in [0, 0.1) is 0 Å². The first-order chi connectivity index (χ1) is 14.1. The van der Waals surface area contributed by atoms with Gasteiger partial charge in [-0.05, 0) is 31.2 Å². The van der Waals surface area contributed by atoms with Gasteiger partial charge in [0.25, 0.3) is 0 Å². The van der Waals surface area contributed by atoms with Gasteiger partial charge in [-0.3, -0.25) is 15.3 Å². The molecule has 29 heavy (non-hydrogen) atoms. The summed E-state index contributed by atoms with van der Waals surface area (Å²) in [5.74, 6) is 1.27. The second-order valence-electron chi connectivity index (χ2n) is 6.22. The highest BCUT2D eigenvalue weighted by Crippen LogP contribution is 2.37. The molecule has 1 atom stereocenters. The molecule has 1 N–H and O–H groups in total. The van der Waals surface area contributed by atoms with Gasteiger partial charge in [-0.1, -0.05) is 43.0 Å². The highest BCUT2D eigenvalue weighted by Gasteiger charge is 2.25. The summed E-state index contributed by atoms with van der Waals surface area (Å²) in [6.07, 6.45) is 11.1. The standard InChI is InChI=1S/C22H23N3O3S/c1-4-16(27-3)12-11-15(2)28-22(26)25-18-9-6-5-8-17(18)21-24-19-10-7-13-23-14-20(19)29-21/h5-14,19H,4H2,1-3H3,(H,25,26)/b15-11+,16-12+. The van der Waals surface area contributed by atoms with Gasteiger partial charge in [0, 0.05) is 29.3 Å². The molecule has 1 aromatic rings. The van der Waals surface area contributed by atoms with E-state index in [2.05, 4.69) is 10.3 Å². The number of methoxy groups -OCH3 is 1. The minimum Gasteiger partial charge on any atom is -0.501 e. The third-order valence-electron chi connectivity index (χ3n) is 4.19. The lowest BCUT2D eigenvalue weighted by Gasteiger charge is -2.11. The molecule has 0 bridgehead atoms. The number of amides is 1. The molecule has 2 heterocycles. The van der Waals surface area contributed by atoms with Crippen LogP contribution in [-0.2, 0) is 9.47 Å². The fourth-order valence-corrected chi connectivity index (χ4v) is 3.75. The van der Waals surface area contributed by atoms with Crippen LogP contribution in [0.15, 0.2) is 81.2 Å². The average molecular weight is 410 g/mol. The lowest BCUT2D eigenvalue weighted by atomic mass is 10.2. The van der Waals surface area contributed by atoms with Gasteiger partial charge < -0.3 is 9.47 Å². The fourth-order valence-electron chi connectivity index (χ4n) is 2.71. The lowest BCUT2D eigenvalue weighted by molar-refractivity contribution is 0.192. The van der Waals surface area contributed by atoms with Crippen LogP contribution in [-0.4, -0.2) is 30.5 Å². The van der Waals surface area contributed by atoms with E-state index >= 15 is 0 Å². The molecule has 2 aliphatic heterocycles. The molecule has 1 unspecified atom stereocenters. The Kier molecular flexibility index (Phi) is 7.08. The molecular formula is C22H23N3O3S. The average Bonchev–Trinajstić information content (AvgIpc) is 2.99. The highest BCUT2D eigenvalue weighted by molar-refractivity contribution is 8.18. The fraction of sp³-hybridized carbons (Fsp3) is 0.227. The Bertz CT molecular complexity index is 952. The van der Waals surface area contributed by atoms with Crippen molar-refractivity contribution in [2.75, 3.05) is 12.4 Å². The number of aliphatic imine (C=N–C) groups is 2. The monoisotopic (exact) mass is 409 g/mol. The molecule has 0 aliphatic carbocycles. The Hall–Kier alpha value is -3.06. The van der Waals surface area contributed by atoms with E-state index < -0.39 is 6.09 Å². The van der Waals surface area contributed by atoms with Gasteiger partial charge in [0.05, 0.1) is 18.6 Å². The molecule has 2 aliphatic rings. The van der Waals surface area contributed by atoms with Crippen LogP contribution in [0.1, 0.15) is 25.8 Å². The van der Waals surface area contributed by atoms with Crippen LogP contribution in [0.2, 0.25) is 0 Å². The number of hydrogen-bond acceptors (Lipinski definition) is 6. The van der Waals surface area contributed by atoms with E-state index in [0.717, 1.165) is 27.7 Å². The summed E-state index contributed by atoms with van der Waals surface area (Å²) in [5.41, 5.74) is 1.48. The van der Waals surface area contributed by atoms with Crippen molar-refractivity contribution in [3.05, 3.63) is 76.8 Å². The number of allylic oxidation sites excluding steroid dienone is 5. The van der Waals surface area contributed by atoms with E-state index in [1.165, 1.54) is 0 Å². The van der Waals surface area contributed by atoms with E-state index in [1.54, 1.807) is 44.2 Å². The van der Waals surface area contributed by atoms with Crippen molar-refractivity contribution in [3.8, 4) is 0 Å². The topological polar surface area (TPSA) is 72.3 Å². The van der Waals surface area contributed by atoms with Gasteiger partial charge in [0.1, 0.15) is 16.8 Å². The first-order valence-electron chi connectivity index (χ1n) is 9.26. The molecule has 0 saturated carbocycles. The molecule has 1 amide bonds. The maximum absolute atomic E-state index is 12.4. The third kappa shape index (κ3) is 5.48. The number of carbonyl (C=O) groups excluding carboxylic acids is 1. The molecule has 0 spiro atoms. The summed E-state index contributed by atoms with van der Waals surface area (Å²) in [7, 11) is 1.61. The molecule has 0 radical (unpaired) electrons. The molecule has 7 heteroatoms. The number of ether oxygens (including phenoxy) is 2. The Morgan fingerprint density at radius 3 is 2.93 bits per heavy atom. The number of nitrogens with zero attached hydrogens (tertiary/aromatic N) is 2. The molecule has 0 fully saturated rings. The maximum atomic E-state index is 12.4. The lowest BCUT2D eigenvalue weighted by Crippen LogP contribution is -2.14. The van der Waals surface area contributed by atoms with Crippen molar-refractivity contribution in [1.82, 2.24) is 0 Å². The SMILES string of the molecule is CC/C(=C\C=C(/C)OC(=O)Nc1ccccc1C1=NC2C=CC=NC=C2S1)OC. The van der Waals surface area contributed by atoms with Crippen LogP contribution in [0.25, 0.3) is 0 Å². The summed E-state index contributed by atoms with van der Waals surface area (Å²) < 4.78 is 10.5. The predicted octanol–water partition coefficient (Wildman–Crippen LogP) is 5.42. The normalized spacial score (nSPS) is 18.5.